The van der Waals surface area contributed by atoms with Crippen LogP contribution in [0.25, 0.3) is 11.1 Å². The molecule has 0 atom stereocenters. The lowest BCUT2D eigenvalue weighted by atomic mass is 10.0. The summed E-state index contributed by atoms with van der Waals surface area (Å²) in [6.07, 6.45) is 0. The molecule has 0 unspecified atom stereocenters. The lowest BCUT2D eigenvalue weighted by Gasteiger charge is -2.07. The molecule has 2 rings (SSSR count). The molecule has 0 N–H and O–H groups in total. The minimum absolute atomic E-state index is 0.396. The van der Waals surface area contributed by atoms with Crippen LogP contribution >= 0.6 is 0 Å². The maximum atomic E-state index is 13.5. The maximum absolute atomic E-state index is 13.5. The Balaban J connectivity index is 2.48. The molecule has 18 heavy (non-hydrogen) atoms. The van der Waals surface area contributed by atoms with Gasteiger partial charge in [0.25, 0.3) is 0 Å². The van der Waals surface area contributed by atoms with E-state index < -0.39 is 17.4 Å². The van der Waals surface area contributed by atoms with Gasteiger partial charge in [0, 0.05) is 0 Å². The fourth-order valence-corrected chi connectivity index (χ4v) is 1.66. The molecule has 0 bridgehead atoms. The topological polar surface area (TPSA) is 33.0 Å². The van der Waals surface area contributed by atoms with E-state index >= 15 is 0 Å². The van der Waals surface area contributed by atoms with Crippen LogP contribution in [0.1, 0.15) is 5.56 Å². The van der Waals surface area contributed by atoms with Gasteiger partial charge >= 0.3 is 0 Å². The summed E-state index contributed by atoms with van der Waals surface area (Å²) in [7, 11) is 1.21. The van der Waals surface area contributed by atoms with Crippen LogP contribution in [0.4, 0.5) is 8.78 Å². The van der Waals surface area contributed by atoms with Crippen molar-refractivity contribution in [3.8, 4) is 22.9 Å². The van der Waals surface area contributed by atoms with Gasteiger partial charge in [-0.1, -0.05) is 12.1 Å². The van der Waals surface area contributed by atoms with Crippen molar-refractivity contribution in [1.82, 2.24) is 0 Å². The van der Waals surface area contributed by atoms with E-state index in [-0.39, 0.29) is 0 Å². The van der Waals surface area contributed by atoms with Crippen LogP contribution in [0.2, 0.25) is 0 Å². The Morgan fingerprint density at radius 3 is 2.00 bits per heavy atom. The molecule has 90 valence electrons. The summed E-state index contributed by atoms with van der Waals surface area (Å²) >= 11 is 0. The molecule has 0 spiro atoms. The Hall–Kier alpha value is -2.41. The quantitative estimate of drug-likeness (QED) is 0.811. The molecule has 0 saturated carbocycles. The normalized spacial score (nSPS) is 9.89. The third-order valence-electron chi connectivity index (χ3n) is 2.55. The fraction of sp³-hybridized carbons (Fsp3) is 0.0714. The summed E-state index contributed by atoms with van der Waals surface area (Å²) in [6, 6.07) is 10.8. The molecule has 0 amide bonds. The number of methoxy groups -OCH3 is 1. The SMILES string of the molecule is COc1c(F)cc(-c2ccc(C#N)cc2)cc1F. The Morgan fingerprint density at radius 1 is 1.00 bits per heavy atom. The predicted molar refractivity (Wildman–Crippen MR) is 63.1 cm³/mol. The van der Waals surface area contributed by atoms with Crippen LogP contribution in [-0.2, 0) is 0 Å². The highest BCUT2D eigenvalue weighted by Crippen LogP contribution is 2.28. The molecule has 0 radical (unpaired) electrons. The highest BCUT2D eigenvalue weighted by atomic mass is 19.1. The molecule has 0 aliphatic rings. The average molecular weight is 245 g/mol. The molecule has 0 aliphatic carbocycles. The molecule has 2 aromatic carbocycles. The van der Waals surface area contributed by atoms with Gasteiger partial charge in [-0.3, -0.25) is 0 Å². The number of ether oxygens (including phenoxy) is 1. The summed E-state index contributed by atoms with van der Waals surface area (Å²) in [4.78, 5) is 0. The summed E-state index contributed by atoms with van der Waals surface area (Å²) in [6.45, 7) is 0. The summed E-state index contributed by atoms with van der Waals surface area (Å²) in [5, 5.41) is 8.67. The zero-order chi connectivity index (χ0) is 13.1. The van der Waals surface area contributed by atoms with Gasteiger partial charge in [-0.2, -0.15) is 5.26 Å². The average Bonchev–Trinajstić information content (AvgIpc) is 2.38. The van der Waals surface area contributed by atoms with E-state index in [0.29, 0.717) is 16.7 Å². The van der Waals surface area contributed by atoms with Crippen LogP contribution in [0.5, 0.6) is 5.75 Å². The van der Waals surface area contributed by atoms with Gasteiger partial charge in [-0.25, -0.2) is 8.78 Å². The van der Waals surface area contributed by atoms with Crippen molar-refractivity contribution in [3.05, 3.63) is 53.6 Å². The second-order valence-electron chi connectivity index (χ2n) is 3.66. The van der Waals surface area contributed by atoms with Crippen molar-refractivity contribution < 1.29 is 13.5 Å². The van der Waals surface area contributed by atoms with Crippen LogP contribution in [0.15, 0.2) is 36.4 Å². The molecule has 0 aliphatic heterocycles. The monoisotopic (exact) mass is 245 g/mol. The van der Waals surface area contributed by atoms with Crippen molar-refractivity contribution in [3.63, 3.8) is 0 Å². The van der Waals surface area contributed by atoms with E-state index in [1.165, 1.54) is 19.2 Å². The highest BCUT2D eigenvalue weighted by molar-refractivity contribution is 5.65. The third kappa shape index (κ3) is 2.16. The molecule has 0 aromatic heterocycles. The Morgan fingerprint density at radius 2 is 1.56 bits per heavy atom. The van der Waals surface area contributed by atoms with E-state index in [1.807, 2.05) is 6.07 Å². The molecule has 0 saturated heterocycles. The van der Waals surface area contributed by atoms with Crippen LogP contribution in [0, 0.1) is 23.0 Å². The number of hydrogen-bond donors (Lipinski definition) is 0. The van der Waals surface area contributed by atoms with Crippen molar-refractivity contribution in [2.75, 3.05) is 7.11 Å². The largest absolute Gasteiger partial charge is 0.491 e. The van der Waals surface area contributed by atoms with E-state index in [1.54, 1.807) is 24.3 Å². The van der Waals surface area contributed by atoms with E-state index in [2.05, 4.69) is 4.74 Å². The van der Waals surface area contributed by atoms with Gasteiger partial charge < -0.3 is 4.74 Å². The molecule has 0 heterocycles. The van der Waals surface area contributed by atoms with Gasteiger partial charge in [0.05, 0.1) is 18.7 Å². The smallest absolute Gasteiger partial charge is 0.190 e. The van der Waals surface area contributed by atoms with Crippen molar-refractivity contribution in [2.24, 2.45) is 0 Å². The van der Waals surface area contributed by atoms with Gasteiger partial charge in [0.2, 0.25) is 0 Å². The lowest BCUT2D eigenvalue weighted by molar-refractivity contribution is 0.360. The fourth-order valence-electron chi connectivity index (χ4n) is 1.66. The third-order valence-corrected chi connectivity index (χ3v) is 2.55. The van der Waals surface area contributed by atoms with Gasteiger partial charge in [0.15, 0.2) is 17.4 Å². The zero-order valence-electron chi connectivity index (χ0n) is 9.58. The first kappa shape index (κ1) is 12.1. The predicted octanol–water partition coefficient (Wildman–Crippen LogP) is 3.51. The standard InChI is InChI=1S/C14H9F2NO/c1-18-14-12(15)6-11(7-13(14)16)10-4-2-9(8-17)3-5-10/h2-7H,1H3. The minimum Gasteiger partial charge on any atom is -0.491 e. The second kappa shape index (κ2) is 4.84. The number of nitrogens with zero attached hydrogens (tertiary/aromatic N) is 1. The maximum Gasteiger partial charge on any atom is 0.190 e. The molecule has 2 nitrogen and oxygen atoms in total. The molecule has 0 fully saturated rings. The van der Waals surface area contributed by atoms with Crippen LogP contribution in [-0.4, -0.2) is 7.11 Å². The first-order valence-corrected chi connectivity index (χ1v) is 5.19. The zero-order valence-corrected chi connectivity index (χ0v) is 9.58. The van der Waals surface area contributed by atoms with Crippen molar-refractivity contribution in [2.45, 2.75) is 0 Å². The Labute approximate surface area is 103 Å². The van der Waals surface area contributed by atoms with Crippen LogP contribution in [0.3, 0.4) is 0 Å². The van der Waals surface area contributed by atoms with Gasteiger partial charge in [-0.15, -0.1) is 0 Å². The summed E-state index contributed by atoms with van der Waals surface area (Å²) in [5.41, 5.74) is 1.53. The number of rotatable bonds is 2. The molecule has 4 heteroatoms. The minimum atomic E-state index is -0.753. The molecular weight excluding hydrogens is 236 g/mol. The first-order valence-electron chi connectivity index (χ1n) is 5.19. The van der Waals surface area contributed by atoms with Gasteiger partial charge in [-0.05, 0) is 35.4 Å². The van der Waals surface area contributed by atoms with Crippen LogP contribution < -0.4 is 4.74 Å². The molecule has 2 aromatic rings. The van der Waals surface area contributed by atoms with Gasteiger partial charge in [0.1, 0.15) is 0 Å². The number of halogens is 2. The molecular formula is C14H9F2NO. The Bertz CT molecular complexity index is 592. The number of nitriles is 1. The summed E-state index contributed by atoms with van der Waals surface area (Å²) in [5.74, 6) is -1.90. The lowest BCUT2D eigenvalue weighted by Crippen LogP contribution is -1.93. The highest BCUT2D eigenvalue weighted by Gasteiger charge is 2.12. The number of hydrogen-bond acceptors (Lipinski definition) is 2. The van der Waals surface area contributed by atoms with E-state index in [9.17, 15) is 8.78 Å². The first-order chi connectivity index (χ1) is 8.65. The second-order valence-corrected chi connectivity index (χ2v) is 3.66. The van der Waals surface area contributed by atoms with Crippen molar-refractivity contribution >= 4 is 0 Å². The van der Waals surface area contributed by atoms with E-state index in [0.717, 1.165) is 0 Å². The Kier molecular flexibility index (Phi) is 3.24. The van der Waals surface area contributed by atoms with Crippen molar-refractivity contribution in [1.29, 1.82) is 5.26 Å². The number of benzene rings is 2. The summed E-state index contributed by atoms with van der Waals surface area (Å²) < 4.78 is 31.7. The van der Waals surface area contributed by atoms with E-state index in [4.69, 9.17) is 5.26 Å².